The number of fused-ring (bicyclic) bond motifs is 1. The molecule has 84 valence electrons. The van der Waals surface area contributed by atoms with Gasteiger partial charge >= 0.3 is 0 Å². The second kappa shape index (κ2) is 3.82. The molecule has 3 rings (SSSR count). The minimum atomic E-state index is 0.739. The van der Waals surface area contributed by atoms with Gasteiger partial charge in [-0.05, 0) is 12.1 Å². The first-order valence-electron chi connectivity index (χ1n) is 5.18. The van der Waals surface area contributed by atoms with Crippen LogP contribution in [-0.2, 0) is 0 Å². The van der Waals surface area contributed by atoms with E-state index in [2.05, 4.69) is 25.4 Å². The Balaban J connectivity index is 2.26. The SMILES string of the molecule is CNc1ncnc2c1cnn2-c1ccccn1. The minimum Gasteiger partial charge on any atom is -0.372 e. The van der Waals surface area contributed by atoms with Crippen molar-refractivity contribution in [1.29, 1.82) is 0 Å². The molecular formula is C11H10N6. The van der Waals surface area contributed by atoms with E-state index in [1.165, 1.54) is 6.33 Å². The van der Waals surface area contributed by atoms with E-state index < -0.39 is 0 Å². The van der Waals surface area contributed by atoms with Gasteiger partial charge in [-0.3, -0.25) is 0 Å². The number of anilines is 1. The highest BCUT2D eigenvalue weighted by molar-refractivity contribution is 5.86. The summed E-state index contributed by atoms with van der Waals surface area (Å²) in [5.41, 5.74) is 0.739. The Hall–Kier alpha value is -2.50. The summed E-state index contributed by atoms with van der Waals surface area (Å²) in [6.45, 7) is 0. The molecule has 0 saturated heterocycles. The Morgan fingerprint density at radius 3 is 2.88 bits per heavy atom. The first-order chi connectivity index (χ1) is 8.40. The molecule has 0 amide bonds. The molecule has 0 atom stereocenters. The normalized spacial score (nSPS) is 10.6. The fraction of sp³-hybridized carbons (Fsp3) is 0.0909. The van der Waals surface area contributed by atoms with Crippen LogP contribution in [0.2, 0.25) is 0 Å². The van der Waals surface area contributed by atoms with Gasteiger partial charge in [0.25, 0.3) is 0 Å². The molecule has 3 heterocycles. The van der Waals surface area contributed by atoms with Crippen LogP contribution in [0.5, 0.6) is 0 Å². The quantitative estimate of drug-likeness (QED) is 0.712. The van der Waals surface area contributed by atoms with E-state index in [1.54, 1.807) is 17.1 Å². The zero-order chi connectivity index (χ0) is 11.7. The highest BCUT2D eigenvalue weighted by Gasteiger charge is 2.10. The summed E-state index contributed by atoms with van der Waals surface area (Å²) in [6, 6.07) is 5.66. The Bertz CT molecular complexity index is 645. The van der Waals surface area contributed by atoms with Gasteiger partial charge in [0.05, 0.1) is 11.6 Å². The van der Waals surface area contributed by atoms with Crippen LogP contribution < -0.4 is 5.32 Å². The maximum atomic E-state index is 4.29. The van der Waals surface area contributed by atoms with Gasteiger partial charge in [0, 0.05) is 13.2 Å². The number of nitrogens with one attached hydrogen (secondary N) is 1. The van der Waals surface area contributed by atoms with E-state index in [0.717, 1.165) is 22.7 Å². The van der Waals surface area contributed by atoms with Gasteiger partial charge in [0.2, 0.25) is 0 Å². The monoisotopic (exact) mass is 226 g/mol. The van der Waals surface area contributed by atoms with E-state index in [-0.39, 0.29) is 0 Å². The largest absolute Gasteiger partial charge is 0.372 e. The third-order valence-electron chi connectivity index (χ3n) is 2.47. The van der Waals surface area contributed by atoms with E-state index in [4.69, 9.17) is 0 Å². The number of hydrogen-bond donors (Lipinski definition) is 1. The lowest BCUT2D eigenvalue weighted by Gasteiger charge is -2.02. The van der Waals surface area contributed by atoms with Crippen molar-refractivity contribution >= 4 is 16.9 Å². The van der Waals surface area contributed by atoms with Crippen molar-refractivity contribution in [2.45, 2.75) is 0 Å². The molecular weight excluding hydrogens is 216 g/mol. The third-order valence-corrected chi connectivity index (χ3v) is 2.47. The van der Waals surface area contributed by atoms with Crippen molar-refractivity contribution in [3.8, 4) is 5.82 Å². The zero-order valence-corrected chi connectivity index (χ0v) is 9.20. The molecule has 0 aliphatic heterocycles. The first kappa shape index (κ1) is 9.71. The number of rotatable bonds is 2. The lowest BCUT2D eigenvalue weighted by Crippen LogP contribution is -2.00. The second-order valence-electron chi connectivity index (χ2n) is 3.45. The van der Waals surface area contributed by atoms with Crippen LogP contribution in [0, 0.1) is 0 Å². The lowest BCUT2D eigenvalue weighted by molar-refractivity contribution is 0.861. The van der Waals surface area contributed by atoms with Crippen molar-refractivity contribution < 1.29 is 0 Å². The highest BCUT2D eigenvalue weighted by atomic mass is 15.3. The van der Waals surface area contributed by atoms with Gasteiger partial charge in [-0.25, -0.2) is 15.0 Å². The Morgan fingerprint density at radius 2 is 2.12 bits per heavy atom. The lowest BCUT2D eigenvalue weighted by atomic mass is 10.4. The number of pyridine rings is 1. The summed E-state index contributed by atoms with van der Waals surface area (Å²) in [4.78, 5) is 12.6. The average molecular weight is 226 g/mol. The maximum Gasteiger partial charge on any atom is 0.170 e. The fourth-order valence-corrected chi connectivity index (χ4v) is 1.69. The van der Waals surface area contributed by atoms with Crippen LogP contribution in [0.25, 0.3) is 16.9 Å². The third kappa shape index (κ3) is 1.50. The zero-order valence-electron chi connectivity index (χ0n) is 9.20. The maximum absolute atomic E-state index is 4.29. The second-order valence-corrected chi connectivity index (χ2v) is 3.45. The molecule has 3 aromatic heterocycles. The predicted molar refractivity (Wildman–Crippen MR) is 64.0 cm³/mol. The molecule has 0 aliphatic carbocycles. The van der Waals surface area contributed by atoms with E-state index >= 15 is 0 Å². The standard InChI is InChI=1S/C11H10N6/c1-12-10-8-6-16-17(11(8)15-7-14-10)9-4-2-3-5-13-9/h2-7H,1H3,(H,12,14,15). The molecule has 0 unspecified atom stereocenters. The summed E-state index contributed by atoms with van der Waals surface area (Å²) >= 11 is 0. The highest BCUT2D eigenvalue weighted by Crippen LogP contribution is 2.19. The van der Waals surface area contributed by atoms with Gasteiger partial charge in [0.1, 0.15) is 12.1 Å². The van der Waals surface area contributed by atoms with Crippen LogP contribution in [0.1, 0.15) is 0 Å². The van der Waals surface area contributed by atoms with E-state index in [9.17, 15) is 0 Å². The van der Waals surface area contributed by atoms with Gasteiger partial charge in [-0.1, -0.05) is 6.07 Å². The van der Waals surface area contributed by atoms with Crippen LogP contribution >= 0.6 is 0 Å². The summed E-state index contributed by atoms with van der Waals surface area (Å²) in [5, 5.41) is 8.17. The summed E-state index contributed by atoms with van der Waals surface area (Å²) in [6.07, 6.45) is 4.97. The van der Waals surface area contributed by atoms with E-state index in [0.29, 0.717) is 0 Å². The topological polar surface area (TPSA) is 68.5 Å². The molecule has 0 radical (unpaired) electrons. The summed E-state index contributed by atoms with van der Waals surface area (Å²) in [5.74, 6) is 1.50. The number of nitrogens with zero attached hydrogens (tertiary/aromatic N) is 5. The van der Waals surface area contributed by atoms with Crippen LogP contribution in [-0.4, -0.2) is 31.8 Å². The van der Waals surface area contributed by atoms with E-state index in [1.807, 2.05) is 25.2 Å². The summed E-state index contributed by atoms with van der Waals surface area (Å²) in [7, 11) is 1.82. The molecule has 3 aromatic rings. The van der Waals surface area contributed by atoms with Crippen LogP contribution in [0.4, 0.5) is 5.82 Å². The number of hydrogen-bond acceptors (Lipinski definition) is 5. The van der Waals surface area contributed by atoms with Crippen molar-refractivity contribution in [2.75, 3.05) is 12.4 Å². The Kier molecular flexibility index (Phi) is 2.18. The van der Waals surface area contributed by atoms with Gasteiger partial charge in [0.15, 0.2) is 11.5 Å². The molecule has 6 nitrogen and oxygen atoms in total. The fourth-order valence-electron chi connectivity index (χ4n) is 1.69. The van der Waals surface area contributed by atoms with Gasteiger partial charge in [-0.2, -0.15) is 9.78 Å². The molecule has 0 spiro atoms. The van der Waals surface area contributed by atoms with Crippen molar-refractivity contribution in [3.05, 3.63) is 36.9 Å². The molecule has 1 N–H and O–H groups in total. The smallest absolute Gasteiger partial charge is 0.170 e. The molecule has 17 heavy (non-hydrogen) atoms. The van der Waals surface area contributed by atoms with Crippen LogP contribution in [0.15, 0.2) is 36.9 Å². The Labute approximate surface area is 97.4 Å². The molecule has 0 aromatic carbocycles. The molecule has 6 heteroatoms. The minimum absolute atomic E-state index is 0.739. The first-order valence-corrected chi connectivity index (χ1v) is 5.18. The molecule has 0 aliphatic rings. The van der Waals surface area contributed by atoms with Crippen molar-refractivity contribution in [1.82, 2.24) is 24.7 Å². The van der Waals surface area contributed by atoms with Crippen LogP contribution in [0.3, 0.4) is 0 Å². The van der Waals surface area contributed by atoms with Crippen molar-refractivity contribution in [2.24, 2.45) is 0 Å². The Morgan fingerprint density at radius 1 is 1.18 bits per heavy atom. The summed E-state index contributed by atoms with van der Waals surface area (Å²) < 4.78 is 1.69. The molecule has 0 saturated carbocycles. The van der Waals surface area contributed by atoms with Gasteiger partial charge in [-0.15, -0.1) is 0 Å². The molecule has 0 fully saturated rings. The average Bonchev–Trinajstić information content (AvgIpc) is 2.83. The van der Waals surface area contributed by atoms with Gasteiger partial charge < -0.3 is 5.32 Å². The molecule has 0 bridgehead atoms. The van der Waals surface area contributed by atoms with Crippen molar-refractivity contribution in [3.63, 3.8) is 0 Å². The predicted octanol–water partition coefficient (Wildman–Crippen LogP) is 1.25. The number of aromatic nitrogens is 5.